The quantitative estimate of drug-likeness (QED) is 0.914. The fourth-order valence-corrected chi connectivity index (χ4v) is 2.32. The van der Waals surface area contributed by atoms with Gasteiger partial charge in [-0.2, -0.15) is 13.2 Å². The molecule has 0 fully saturated rings. The second kappa shape index (κ2) is 5.75. The van der Waals surface area contributed by atoms with E-state index in [0.717, 1.165) is 42.8 Å². The summed E-state index contributed by atoms with van der Waals surface area (Å²) in [5, 5.41) is 3.14. The van der Waals surface area contributed by atoms with E-state index in [1.54, 1.807) is 0 Å². The van der Waals surface area contributed by atoms with Crippen LogP contribution in [-0.4, -0.2) is 22.7 Å². The lowest BCUT2D eigenvalue weighted by Crippen LogP contribution is -2.16. The first-order chi connectivity index (χ1) is 8.99. The molecule has 0 spiro atoms. The minimum atomic E-state index is -4.16. The zero-order chi connectivity index (χ0) is 13.9. The standard InChI is InChI=1S/C13H18F3N3/c1-2-17-12-9-5-3-4-6-10(9)18-11(19-12)7-8-13(14,15)16/h2-8H2,1H3,(H,17,18,19). The topological polar surface area (TPSA) is 37.8 Å². The van der Waals surface area contributed by atoms with Gasteiger partial charge in [-0.25, -0.2) is 9.97 Å². The van der Waals surface area contributed by atoms with Crippen LogP contribution in [0.2, 0.25) is 0 Å². The number of aryl methyl sites for hydroxylation is 2. The highest BCUT2D eigenvalue weighted by molar-refractivity contribution is 5.47. The van der Waals surface area contributed by atoms with Gasteiger partial charge in [0.1, 0.15) is 11.6 Å². The van der Waals surface area contributed by atoms with Crippen molar-refractivity contribution >= 4 is 5.82 Å². The van der Waals surface area contributed by atoms with Crippen molar-refractivity contribution in [3.63, 3.8) is 0 Å². The van der Waals surface area contributed by atoms with Gasteiger partial charge in [0.15, 0.2) is 0 Å². The number of aromatic nitrogens is 2. The van der Waals surface area contributed by atoms with Crippen LogP contribution in [-0.2, 0) is 19.3 Å². The molecule has 0 unspecified atom stereocenters. The Morgan fingerprint density at radius 2 is 1.89 bits per heavy atom. The van der Waals surface area contributed by atoms with Gasteiger partial charge in [-0.3, -0.25) is 0 Å². The first-order valence-corrected chi connectivity index (χ1v) is 6.69. The lowest BCUT2D eigenvalue weighted by molar-refractivity contribution is -0.134. The van der Waals surface area contributed by atoms with Crippen molar-refractivity contribution in [3.8, 4) is 0 Å². The average molecular weight is 273 g/mol. The molecule has 0 saturated heterocycles. The maximum atomic E-state index is 12.3. The highest BCUT2D eigenvalue weighted by Crippen LogP contribution is 2.27. The predicted molar refractivity (Wildman–Crippen MR) is 67.2 cm³/mol. The van der Waals surface area contributed by atoms with Crippen LogP contribution in [0.15, 0.2) is 0 Å². The van der Waals surface area contributed by atoms with Gasteiger partial charge in [0.25, 0.3) is 0 Å². The Morgan fingerprint density at radius 1 is 1.16 bits per heavy atom. The summed E-state index contributed by atoms with van der Waals surface area (Å²) in [5.41, 5.74) is 2.01. The van der Waals surface area contributed by atoms with Gasteiger partial charge in [-0.05, 0) is 32.6 Å². The molecule has 19 heavy (non-hydrogen) atoms. The first kappa shape index (κ1) is 14.1. The van der Waals surface area contributed by atoms with Gasteiger partial charge < -0.3 is 5.32 Å². The molecule has 1 aliphatic carbocycles. The second-order valence-electron chi connectivity index (χ2n) is 4.77. The Labute approximate surface area is 110 Å². The molecular formula is C13H18F3N3. The molecule has 0 amide bonds. The van der Waals surface area contributed by atoms with Crippen LogP contribution in [0.4, 0.5) is 19.0 Å². The number of fused-ring (bicyclic) bond motifs is 1. The fraction of sp³-hybridized carbons (Fsp3) is 0.692. The molecule has 1 aliphatic rings. The number of nitrogens with zero attached hydrogens (tertiary/aromatic N) is 2. The van der Waals surface area contributed by atoms with Crippen LogP contribution < -0.4 is 5.32 Å². The van der Waals surface area contributed by atoms with Crippen molar-refractivity contribution in [2.24, 2.45) is 0 Å². The van der Waals surface area contributed by atoms with Gasteiger partial charge in [-0.1, -0.05) is 0 Å². The number of anilines is 1. The fourth-order valence-electron chi connectivity index (χ4n) is 2.32. The molecule has 106 valence electrons. The Kier molecular flexibility index (Phi) is 4.27. The highest BCUT2D eigenvalue weighted by Gasteiger charge is 2.27. The molecule has 0 atom stereocenters. The van der Waals surface area contributed by atoms with E-state index in [-0.39, 0.29) is 6.42 Å². The van der Waals surface area contributed by atoms with Gasteiger partial charge in [0.2, 0.25) is 0 Å². The van der Waals surface area contributed by atoms with Gasteiger partial charge >= 0.3 is 6.18 Å². The Bertz CT molecular complexity index is 443. The van der Waals surface area contributed by atoms with E-state index in [1.165, 1.54) is 0 Å². The monoisotopic (exact) mass is 273 g/mol. The van der Waals surface area contributed by atoms with E-state index < -0.39 is 12.6 Å². The number of rotatable bonds is 4. The molecule has 3 nitrogen and oxygen atoms in total. The number of hydrogen-bond donors (Lipinski definition) is 1. The largest absolute Gasteiger partial charge is 0.389 e. The third-order valence-corrected chi connectivity index (χ3v) is 3.21. The third kappa shape index (κ3) is 3.81. The molecule has 0 radical (unpaired) electrons. The summed E-state index contributed by atoms with van der Waals surface area (Å²) in [4.78, 5) is 8.56. The molecule has 6 heteroatoms. The summed E-state index contributed by atoms with van der Waals surface area (Å²) >= 11 is 0. The Morgan fingerprint density at radius 3 is 2.58 bits per heavy atom. The summed E-state index contributed by atoms with van der Waals surface area (Å²) in [6.45, 7) is 2.66. The Hall–Kier alpha value is -1.33. The summed E-state index contributed by atoms with van der Waals surface area (Å²) in [6.07, 6.45) is -1.26. The molecule has 1 aromatic heterocycles. The number of hydrogen-bond acceptors (Lipinski definition) is 3. The van der Waals surface area contributed by atoms with E-state index in [0.29, 0.717) is 12.4 Å². The van der Waals surface area contributed by atoms with Crippen LogP contribution in [0.3, 0.4) is 0 Å². The van der Waals surface area contributed by atoms with Crippen LogP contribution in [0.25, 0.3) is 0 Å². The molecule has 1 aromatic rings. The Balaban J connectivity index is 2.22. The number of alkyl halides is 3. The molecule has 0 bridgehead atoms. The van der Waals surface area contributed by atoms with Crippen molar-refractivity contribution in [3.05, 3.63) is 17.1 Å². The van der Waals surface area contributed by atoms with Gasteiger partial charge in [0.05, 0.1) is 6.42 Å². The molecule has 0 aliphatic heterocycles. The van der Waals surface area contributed by atoms with E-state index in [1.807, 2.05) is 6.92 Å². The normalized spacial score (nSPS) is 15.2. The van der Waals surface area contributed by atoms with E-state index in [2.05, 4.69) is 15.3 Å². The van der Waals surface area contributed by atoms with Crippen LogP contribution in [0.5, 0.6) is 0 Å². The highest BCUT2D eigenvalue weighted by atomic mass is 19.4. The van der Waals surface area contributed by atoms with E-state index in [4.69, 9.17) is 0 Å². The summed E-state index contributed by atoms with van der Waals surface area (Å²) in [6, 6.07) is 0. The number of nitrogens with one attached hydrogen (secondary N) is 1. The zero-order valence-corrected chi connectivity index (χ0v) is 11.0. The minimum absolute atomic E-state index is 0.144. The van der Waals surface area contributed by atoms with Crippen LogP contribution >= 0.6 is 0 Å². The van der Waals surface area contributed by atoms with Crippen molar-refractivity contribution in [1.82, 2.24) is 9.97 Å². The van der Waals surface area contributed by atoms with Crippen LogP contribution in [0.1, 0.15) is 43.3 Å². The van der Waals surface area contributed by atoms with Crippen molar-refractivity contribution in [2.45, 2.75) is 51.6 Å². The maximum absolute atomic E-state index is 12.3. The summed E-state index contributed by atoms with van der Waals surface area (Å²) < 4.78 is 36.8. The molecule has 2 rings (SSSR count). The van der Waals surface area contributed by atoms with Gasteiger partial charge in [-0.15, -0.1) is 0 Å². The third-order valence-electron chi connectivity index (χ3n) is 3.21. The first-order valence-electron chi connectivity index (χ1n) is 6.69. The van der Waals surface area contributed by atoms with E-state index >= 15 is 0 Å². The maximum Gasteiger partial charge on any atom is 0.389 e. The summed E-state index contributed by atoms with van der Waals surface area (Å²) in [5.74, 6) is 1.03. The SMILES string of the molecule is CCNc1nc(CCC(F)(F)F)nc2c1CCCC2. The molecule has 0 saturated carbocycles. The lowest BCUT2D eigenvalue weighted by atomic mass is 9.96. The van der Waals surface area contributed by atoms with Gasteiger partial charge in [0, 0.05) is 24.2 Å². The molecule has 0 aromatic carbocycles. The van der Waals surface area contributed by atoms with Crippen molar-refractivity contribution in [2.75, 3.05) is 11.9 Å². The van der Waals surface area contributed by atoms with Crippen LogP contribution in [0, 0.1) is 0 Å². The van der Waals surface area contributed by atoms with Crippen molar-refractivity contribution in [1.29, 1.82) is 0 Å². The van der Waals surface area contributed by atoms with E-state index in [9.17, 15) is 13.2 Å². The molecule has 1 heterocycles. The second-order valence-corrected chi connectivity index (χ2v) is 4.77. The smallest absolute Gasteiger partial charge is 0.370 e. The zero-order valence-electron chi connectivity index (χ0n) is 11.0. The molecular weight excluding hydrogens is 255 g/mol. The minimum Gasteiger partial charge on any atom is -0.370 e. The summed E-state index contributed by atoms with van der Waals surface area (Å²) in [7, 11) is 0. The number of halogens is 3. The lowest BCUT2D eigenvalue weighted by Gasteiger charge is -2.19. The molecule has 1 N–H and O–H groups in total. The average Bonchev–Trinajstić information content (AvgIpc) is 2.36. The predicted octanol–water partition coefficient (Wildman–Crippen LogP) is 3.28. The van der Waals surface area contributed by atoms with Crippen molar-refractivity contribution < 1.29 is 13.2 Å².